The molecular formula is C13H18N4O3. The van der Waals surface area contributed by atoms with Gasteiger partial charge in [-0.15, -0.1) is 5.10 Å². The Balaban J connectivity index is 2.02. The van der Waals surface area contributed by atoms with Crippen molar-refractivity contribution >= 4 is 6.01 Å². The predicted molar refractivity (Wildman–Crippen MR) is 73.9 cm³/mol. The molecule has 108 valence electrons. The lowest BCUT2D eigenvalue weighted by atomic mass is 10.2. The molecule has 20 heavy (non-hydrogen) atoms. The minimum atomic E-state index is 0.367. The third kappa shape index (κ3) is 3.39. The summed E-state index contributed by atoms with van der Waals surface area (Å²) in [5.41, 5.74) is 6.39. The number of hydrogen-bond acceptors (Lipinski definition) is 7. The van der Waals surface area contributed by atoms with E-state index in [2.05, 4.69) is 15.5 Å². The maximum atomic E-state index is 5.42. The van der Waals surface area contributed by atoms with Gasteiger partial charge in [-0.25, -0.2) is 0 Å². The van der Waals surface area contributed by atoms with Crippen molar-refractivity contribution in [3.63, 3.8) is 0 Å². The quantitative estimate of drug-likeness (QED) is 0.785. The highest BCUT2D eigenvalue weighted by Crippen LogP contribution is 2.25. The Labute approximate surface area is 117 Å². The number of aromatic nitrogens is 2. The van der Waals surface area contributed by atoms with E-state index in [0.29, 0.717) is 31.4 Å². The lowest BCUT2D eigenvalue weighted by Crippen LogP contribution is -2.03. The second-order valence-corrected chi connectivity index (χ2v) is 4.07. The van der Waals surface area contributed by atoms with Crippen molar-refractivity contribution in [1.82, 2.24) is 10.2 Å². The van der Waals surface area contributed by atoms with E-state index in [1.165, 1.54) is 0 Å². The SMILES string of the molecule is COc1ccc(CNc2nnc(CCN)o2)c(OC)c1. The summed E-state index contributed by atoms with van der Waals surface area (Å²) in [6.07, 6.45) is 0.570. The minimum Gasteiger partial charge on any atom is -0.497 e. The molecule has 7 nitrogen and oxygen atoms in total. The van der Waals surface area contributed by atoms with Crippen LogP contribution in [0.5, 0.6) is 11.5 Å². The van der Waals surface area contributed by atoms with Crippen molar-refractivity contribution in [2.45, 2.75) is 13.0 Å². The summed E-state index contributed by atoms with van der Waals surface area (Å²) in [4.78, 5) is 0. The van der Waals surface area contributed by atoms with Crippen molar-refractivity contribution in [2.75, 3.05) is 26.1 Å². The first-order chi connectivity index (χ1) is 9.76. The number of anilines is 1. The first-order valence-electron chi connectivity index (χ1n) is 6.24. The average Bonchev–Trinajstić information content (AvgIpc) is 2.93. The zero-order valence-electron chi connectivity index (χ0n) is 11.5. The van der Waals surface area contributed by atoms with Gasteiger partial charge in [0.1, 0.15) is 11.5 Å². The van der Waals surface area contributed by atoms with Gasteiger partial charge in [-0.1, -0.05) is 5.10 Å². The van der Waals surface area contributed by atoms with Crippen LogP contribution in [0.4, 0.5) is 6.01 Å². The van der Waals surface area contributed by atoms with E-state index in [9.17, 15) is 0 Å². The van der Waals surface area contributed by atoms with Gasteiger partial charge in [0.15, 0.2) is 0 Å². The Morgan fingerprint density at radius 1 is 1.25 bits per heavy atom. The molecule has 0 amide bonds. The fourth-order valence-corrected chi connectivity index (χ4v) is 1.72. The molecule has 1 heterocycles. The zero-order valence-corrected chi connectivity index (χ0v) is 11.5. The molecule has 3 N–H and O–H groups in total. The number of nitrogens with one attached hydrogen (secondary N) is 1. The molecule has 0 radical (unpaired) electrons. The van der Waals surface area contributed by atoms with Gasteiger partial charge in [-0.05, 0) is 12.1 Å². The smallest absolute Gasteiger partial charge is 0.315 e. The molecule has 2 rings (SSSR count). The summed E-state index contributed by atoms with van der Waals surface area (Å²) in [7, 11) is 3.23. The van der Waals surface area contributed by atoms with E-state index in [1.807, 2.05) is 18.2 Å². The fraction of sp³-hybridized carbons (Fsp3) is 0.385. The summed E-state index contributed by atoms with van der Waals surface area (Å²) < 4.78 is 15.9. The Kier molecular flexibility index (Phi) is 4.78. The minimum absolute atomic E-state index is 0.367. The molecule has 0 atom stereocenters. The molecule has 0 aliphatic heterocycles. The number of nitrogens with zero attached hydrogens (tertiary/aromatic N) is 2. The molecule has 0 saturated carbocycles. The van der Waals surface area contributed by atoms with Gasteiger partial charge < -0.3 is 24.9 Å². The van der Waals surface area contributed by atoms with Gasteiger partial charge in [0.25, 0.3) is 0 Å². The van der Waals surface area contributed by atoms with Crippen molar-refractivity contribution in [1.29, 1.82) is 0 Å². The number of nitrogens with two attached hydrogens (primary N) is 1. The van der Waals surface area contributed by atoms with Crippen molar-refractivity contribution in [3.05, 3.63) is 29.7 Å². The summed E-state index contributed by atoms with van der Waals surface area (Å²) >= 11 is 0. The topological polar surface area (TPSA) is 95.4 Å². The number of benzene rings is 1. The van der Waals surface area contributed by atoms with Crippen molar-refractivity contribution in [3.8, 4) is 11.5 Å². The third-order valence-electron chi connectivity index (χ3n) is 2.75. The third-order valence-corrected chi connectivity index (χ3v) is 2.75. The normalized spacial score (nSPS) is 10.3. The molecule has 1 aromatic carbocycles. The summed E-state index contributed by atoms with van der Waals surface area (Å²) in [6.45, 7) is 0.991. The molecule has 0 aliphatic carbocycles. The molecule has 0 fully saturated rings. The van der Waals surface area contributed by atoms with E-state index in [4.69, 9.17) is 19.6 Å². The molecular weight excluding hydrogens is 260 g/mol. The summed E-state index contributed by atoms with van der Waals surface area (Å²) in [6, 6.07) is 5.98. The number of rotatable bonds is 7. The Morgan fingerprint density at radius 3 is 2.80 bits per heavy atom. The van der Waals surface area contributed by atoms with Crippen LogP contribution in [0.25, 0.3) is 0 Å². The maximum absolute atomic E-state index is 5.42. The first kappa shape index (κ1) is 14.1. The van der Waals surface area contributed by atoms with Gasteiger partial charge in [0, 0.05) is 31.1 Å². The van der Waals surface area contributed by atoms with E-state index in [-0.39, 0.29) is 0 Å². The second-order valence-electron chi connectivity index (χ2n) is 4.07. The van der Waals surface area contributed by atoms with Gasteiger partial charge in [0.2, 0.25) is 5.89 Å². The zero-order chi connectivity index (χ0) is 14.4. The monoisotopic (exact) mass is 278 g/mol. The second kappa shape index (κ2) is 6.76. The first-order valence-corrected chi connectivity index (χ1v) is 6.24. The van der Waals surface area contributed by atoms with E-state index >= 15 is 0 Å². The van der Waals surface area contributed by atoms with Crippen molar-refractivity contribution < 1.29 is 13.9 Å². The van der Waals surface area contributed by atoms with Crippen LogP contribution >= 0.6 is 0 Å². The lowest BCUT2D eigenvalue weighted by molar-refractivity contribution is 0.391. The van der Waals surface area contributed by atoms with Crippen LogP contribution in [0.1, 0.15) is 11.5 Å². The highest BCUT2D eigenvalue weighted by molar-refractivity contribution is 5.42. The van der Waals surface area contributed by atoms with Crippen molar-refractivity contribution in [2.24, 2.45) is 5.73 Å². The number of hydrogen-bond donors (Lipinski definition) is 2. The summed E-state index contributed by atoms with van der Waals surface area (Å²) in [5, 5.41) is 10.8. The molecule has 0 saturated heterocycles. The molecule has 0 unspecified atom stereocenters. The van der Waals surface area contributed by atoms with Crippen LogP contribution in [0.2, 0.25) is 0 Å². The molecule has 0 spiro atoms. The van der Waals surface area contributed by atoms with E-state index < -0.39 is 0 Å². The molecule has 0 bridgehead atoms. The van der Waals surface area contributed by atoms with Gasteiger partial charge in [0.05, 0.1) is 14.2 Å². The van der Waals surface area contributed by atoms with E-state index in [1.54, 1.807) is 14.2 Å². The number of methoxy groups -OCH3 is 2. The largest absolute Gasteiger partial charge is 0.497 e. The highest BCUT2D eigenvalue weighted by atomic mass is 16.5. The number of ether oxygens (including phenoxy) is 2. The summed E-state index contributed by atoms with van der Waals surface area (Å²) in [5.74, 6) is 2.00. The van der Waals surface area contributed by atoms with Gasteiger partial charge in [-0.2, -0.15) is 0 Å². The lowest BCUT2D eigenvalue weighted by Gasteiger charge is -2.10. The molecule has 2 aromatic rings. The fourth-order valence-electron chi connectivity index (χ4n) is 1.72. The van der Waals surface area contributed by atoms with Gasteiger partial charge in [-0.3, -0.25) is 0 Å². The predicted octanol–water partition coefficient (Wildman–Crippen LogP) is 1.20. The Morgan fingerprint density at radius 2 is 2.10 bits per heavy atom. The Bertz CT molecular complexity index is 556. The molecule has 0 aliphatic rings. The molecule has 7 heteroatoms. The maximum Gasteiger partial charge on any atom is 0.315 e. The molecule has 1 aromatic heterocycles. The standard InChI is InChI=1S/C13H18N4O3/c1-18-10-4-3-9(11(7-10)19-2)8-15-13-17-16-12(20-13)5-6-14/h3-4,7H,5-6,8,14H2,1-2H3,(H,15,17). The van der Waals surface area contributed by atoms with Crippen LogP contribution in [0, 0.1) is 0 Å². The van der Waals surface area contributed by atoms with E-state index in [0.717, 1.165) is 17.1 Å². The van der Waals surface area contributed by atoms with Crippen LogP contribution < -0.4 is 20.5 Å². The average molecular weight is 278 g/mol. The van der Waals surface area contributed by atoms with Crippen LogP contribution in [0.15, 0.2) is 22.6 Å². The van der Waals surface area contributed by atoms with Crippen LogP contribution in [-0.2, 0) is 13.0 Å². The highest BCUT2D eigenvalue weighted by Gasteiger charge is 2.08. The van der Waals surface area contributed by atoms with Gasteiger partial charge >= 0.3 is 6.01 Å². The van der Waals surface area contributed by atoms with Crippen LogP contribution in [-0.4, -0.2) is 31.0 Å². The van der Waals surface area contributed by atoms with Crippen LogP contribution in [0.3, 0.4) is 0 Å². The Hall–Kier alpha value is -2.28.